The van der Waals surface area contributed by atoms with Crippen LogP contribution in [0.3, 0.4) is 0 Å². The minimum atomic E-state index is -0.794. The number of esters is 3. The van der Waals surface area contributed by atoms with Gasteiger partial charge in [0.25, 0.3) is 0 Å². The first kappa shape index (κ1) is 61.6. The number of carbonyl (C=O) groups is 3. The van der Waals surface area contributed by atoms with Crippen LogP contribution in [0.4, 0.5) is 0 Å². The van der Waals surface area contributed by atoms with E-state index < -0.39 is 6.10 Å². The lowest BCUT2D eigenvalue weighted by Gasteiger charge is -2.18. The van der Waals surface area contributed by atoms with Crippen LogP contribution in [-0.4, -0.2) is 37.2 Å². The average molecular weight is 905 g/mol. The van der Waals surface area contributed by atoms with E-state index in [-0.39, 0.29) is 31.1 Å². The summed E-state index contributed by atoms with van der Waals surface area (Å²) >= 11 is 0. The summed E-state index contributed by atoms with van der Waals surface area (Å²) < 4.78 is 16.8. The number of ether oxygens (including phenoxy) is 3. The van der Waals surface area contributed by atoms with Gasteiger partial charge >= 0.3 is 17.9 Å². The van der Waals surface area contributed by atoms with Crippen LogP contribution in [0, 0.1) is 0 Å². The molecule has 0 rings (SSSR count). The molecule has 1 unspecified atom stereocenters. The number of rotatable bonds is 48. The molecule has 372 valence electrons. The molecule has 0 fully saturated rings. The summed E-state index contributed by atoms with van der Waals surface area (Å²) in [5.74, 6) is -0.935. The molecular weight excluding hydrogens is 805 g/mol. The van der Waals surface area contributed by atoms with E-state index in [1.54, 1.807) is 0 Å². The number of allylic oxidation sites excluding steroid dienone is 14. The van der Waals surface area contributed by atoms with Crippen LogP contribution in [0.15, 0.2) is 85.1 Å². The van der Waals surface area contributed by atoms with E-state index in [0.717, 1.165) is 122 Å². The summed E-state index contributed by atoms with van der Waals surface area (Å²) in [5.41, 5.74) is 0. The quantitative estimate of drug-likeness (QED) is 0.0262. The summed E-state index contributed by atoms with van der Waals surface area (Å²) in [6.07, 6.45) is 68.5. The molecule has 0 N–H and O–H groups in total. The molecule has 1 atom stereocenters. The van der Waals surface area contributed by atoms with Crippen molar-refractivity contribution >= 4 is 17.9 Å². The van der Waals surface area contributed by atoms with Crippen molar-refractivity contribution in [1.82, 2.24) is 0 Å². The van der Waals surface area contributed by atoms with Crippen LogP contribution >= 0.6 is 0 Å². The van der Waals surface area contributed by atoms with Crippen molar-refractivity contribution in [3.63, 3.8) is 0 Å². The molecule has 0 saturated heterocycles. The van der Waals surface area contributed by atoms with Gasteiger partial charge in [0.2, 0.25) is 0 Å². The Morgan fingerprint density at radius 3 is 0.985 bits per heavy atom. The summed E-state index contributed by atoms with van der Waals surface area (Å²) in [4.78, 5) is 38.0. The van der Waals surface area contributed by atoms with Gasteiger partial charge in [-0.3, -0.25) is 14.4 Å². The van der Waals surface area contributed by atoms with E-state index in [4.69, 9.17) is 14.2 Å². The normalized spacial score (nSPS) is 12.7. The summed E-state index contributed by atoms with van der Waals surface area (Å²) in [6.45, 7) is 6.46. The smallest absolute Gasteiger partial charge is 0.306 e. The molecule has 65 heavy (non-hydrogen) atoms. The lowest BCUT2D eigenvalue weighted by molar-refractivity contribution is -0.167. The van der Waals surface area contributed by atoms with Gasteiger partial charge in [-0.25, -0.2) is 0 Å². The molecule has 0 heterocycles. The molecule has 0 aliphatic carbocycles. The minimum Gasteiger partial charge on any atom is -0.462 e. The van der Waals surface area contributed by atoms with Gasteiger partial charge in [-0.05, 0) is 96.3 Å². The second-order valence-corrected chi connectivity index (χ2v) is 17.8. The van der Waals surface area contributed by atoms with Crippen LogP contribution in [-0.2, 0) is 28.6 Å². The monoisotopic (exact) mass is 905 g/mol. The molecule has 6 nitrogen and oxygen atoms in total. The SMILES string of the molecule is CCC=CCC=CCC=CCC=CCC=CCCCCCC(=O)OCC(COC(=O)CCCCCCCC=CCC=CCCCCC)OC(=O)CCCCCCCCCCCCCCC. The summed E-state index contributed by atoms with van der Waals surface area (Å²) in [7, 11) is 0. The van der Waals surface area contributed by atoms with Crippen molar-refractivity contribution < 1.29 is 28.6 Å². The summed E-state index contributed by atoms with van der Waals surface area (Å²) in [5, 5.41) is 0. The standard InChI is InChI=1S/C59H100O6/c1-4-7-10-13-16-19-22-25-27-28-29-30-32-35-37-40-43-46-49-52-58(61)64-55-56(65-59(62)53-50-47-44-41-38-33-24-21-18-15-12-9-6-3)54-63-57(60)51-48-45-42-39-36-34-31-26-23-20-17-14-11-8-5-2/h7,10,16-17,19-20,25-27,29-31,35,37,56H,4-6,8-9,11-15,18,21-24,28,32-34,36,38-55H2,1-3H3. The van der Waals surface area contributed by atoms with Gasteiger partial charge in [0, 0.05) is 19.3 Å². The van der Waals surface area contributed by atoms with Crippen molar-refractivity contribution in [1.29, 1.82) is 0 Å². The lowest BCUT2D eigenvalue weighted by atomic mass is 10.0. The molecule has 0 amide bonds. The number of hydrogen-bond donors (Lipinski definition) is 0. The number of unbranched alkanes of at least 4 members (excludes halogenated alkanes) is 23. The van der Waals surface area contributed by atoms with Crippen LogP contribution in [0.5, 0.6) is 0 Å². The maximum absolute atomic E-state index is 12.8. The third-order valence-corrected chi connectivity index (χ3v) is 11.4. The molecule has 0 aromatic rings. The first-order valence-electron chi connectivity index (χ1n) is 27.1. The van der Waals surface area contributed by atoms with Crippen molar-refractivity contribution in [3.05, 3.63) is 85.1 Å². The third kappa shape index (κ3) is 51.4. The highest BCUT2D eigenvalue weighted by Gasteiger charge is 2.19. The first-order chi connectivity index (χ1) is 32.0. The molecule has 0 radical (unpaired) electrons. The molecule has 0 aromatic heterocycles. The predicted molar refractivity (Wildman–Crippen MR) is 279 cm³/mol. The van der Waals surface area contributed by atoms with Crippen LogP contribution in [0.25, 0.3) is 0 Å². The largest absolute Gasteiger partial charge is 0.462 e. The Hall–Kier alpha value is -3.41. The van der Waals surface area contributed by atoms with Crippen LogP contribution in [0.1, 0.15) is 252 Å². The van der Waals surface area contributed by atoms with E-state index in [1.807, 2.05) is 0 Å². The Bertz CT molecular complexity index is 1270. The highest BCUT2D eigenvalue weighted by Crippen LogP contribution is 2.15. The molecule has 0 bridgehead atoms. The molecule has 0 aromatic carbocycles. The molecule has 0 spiro atoms. The van der Waals surface area contributed by atoms with E-state index in [9.17, 15) is 14.4 Å². The van der Waals surface area contributed by atoms with Crippen molar-refractivity contribution in [2.75, 3.05) is 13.2 Å². The molecule has 0 aliphatic rings. The minimum absolute atomic E-state index is 0.0933. The van der Waals surface area contributed by atoms with Crippen molar-refractivity contribution in [3.8, 4) is 0 Å². The second kappa shape index (κ2) is 53.2. The van der Waals surface area contributed by atoms with Gasteiger partial charge in [-0.15, -0.1) is 0 Å². The van der Waals surface area contributed by atoms with E-state index >= 15 is 0 Å². The lowest BCUT2D eigenvalue weighted by Crippen LogP contribution is -2.30. The Morgan fingerprint density at radius 1 is 0.323 bits per heavy atom. The zero-order chi connectivity index (χ0) is 47.2. The third-order valence-electron chi connectivity index (χ3n) is 11.4. The Kier molecular flexibility index (Phi) is 50.4. The van der Waals surface area contributed by atoms with Crippen LogP contribution in [0.2, 0.25) is 0 Å². The zero-order valence-corrected chi connectivity index (χ0v) is 42.5. The van der Waals surface area contributed by atoms with E-state index in [0.29, 0.717) is 19.3 Å². The Morgan fingerprint density at radius 2 is 0.600 bits per heavy atom. The number of carbonyl (C=O) groups excluding carboxylic acids is 3. The van der Waals surface area contributed by atoms with Crippen LogP contribution < -0.4 is 0 Å². The Balaban J connectivity index is 4.45. The van der Waals surface area contributed by atoms with E-state index in [2.05, 4.69) is 106 Å². The van der Waals surface area contributed by atoms with Gasteiger partial charge < -0.3 is 14.2 Å². The second-order valence-electron chi connectivity index (χ2n) is 17.8. The fourth-order valence-corrected chi connectivity index (χ4v) is 7.32. The van der Waals surface area contributed by atoms with Gasteiger partial charge in [0.15, 0.2) is 6.10 Å². The molecule has 0 saturated carbocycles. The predicted octanol–water partition coefficient (Wildman–Crippen LogP) is 18.0. The van der Waals surface area contributed by atoms with Gasteiger partial charge in [-0.1, -0.05) is 221 Å². The molecule has 6 heteroatoms. The maximum atomic E-state index is 12.8. The highest BCUT2D eigenvalue weighted by atomic mass is 16.6. The first-order valence-corrected chi connectivity index (χ1v) is 27.1. The topological polar surface area (TPSA) is 78.9 Å². The van der Waals surface area contributed by atoms with Gasteiger partial charge in [0.1, 0.15) is 13.2 Å². The number of hydrogen-bond acceptors (Lipinski definition) is 6. The zero-order valence-electron chi connectivity index (χ0n) is 42.5. The van der Waals surface area contributed by atoms with Crippen molar-refractivity contribution in [2.24, 2.45) is 0 Å². The Labute approximate surface area is 401 Å². The fraction of sp³-hybridized carbons (Fsp3) is 0.712. The average Bonchev–Trinajstić information content (AvgIpc) is 3.30. The highest BCUT2D eigenvalue weighted by molar-refractivity contribution is 5.71. The molecular formula is C59H100O6. The maximum Gasteiger partial charge on any atom is 0.306 e. The molecule has 0 aliphatic heterocycles. The van der Waals surface area contributed by atoms with Gasteiger partial charge in [0.05, 0.1) is 0 Å². The van der Waals surface area contributed by atoms with Crippen molar-refractivity contribution in [2.45, 2.75) is 258 Å². The summed E-state index contributed by atoms with van der Waals surface area (Å²) in [6, 6.07) is 0. The fourth-order valence-electron chi connectivity index (χ4n) is 7.32. The van der Waals surface area contributed by atoms with Gasteiger partial charge in [-0.2, -0.15) is 0 Å². The van der Waals surface area contributed by atoms with E-state index in [1.165, 1.54) is 89.9 Å².